The molecular weight excluding hydrogens is 156 g/mol. The van der Waals surface area contributed by atoms with E-state index >= 15 is 0 Å². The minimum absolute atomic E-state index is 0.0531. The van der Waals surface area contributed by atoms with E-state index in [1.165, 1.54) is 4.80 Å². The summed E-state index contributed by atoms with van der Waals surface area (Å²) in [6, 6.07) is 0. The molecule has 1 rings (SSSR count). The van der Waals surface area contributed by atoms with Gasteiger partial charge in [-0.15, -0.1) is 10.2 Å². The molecule has 0 spiro atoms. The van der Waals surface area contributed by atoms with Crippen molar-refractivity contribution in [3.05, 3.63) is 5.82 Å². The first-order chi connectivity index (χ1) is 5.72. The van der Waals surface area contributed by atoms with Crippen LogP contribution in [0.15, 0.2) is 0 Å². The van der Waals surface area contributed by atoms with Crippen LogP contribution in [0.3, 0.4) is 0 Å². The molecule has 0 atom stereocenters. The average Bonchev–Trinajstić information content (AvgIpc) is 2.36. The number of aliphatic hydroxyl groups excluding tert-OH is 1. The SMILES string of the molecule is CC(C)Cc1nnn(CCO)n1. The lowest BCUT2D eigenvalue weighted by Gasteiger charge is -1.96. The Morgan fingerprint density at radius 3 is 2.83 bits per heavy atom. The second-order valence-corrected chi connectivity index (χ2v) is 3.12. The molecule has 0 aliphatic rings. The Morgan fingerprint density at radius 1 is 1.50 bits per heavy atom. The van der Waals surface area contributed by atoms with Gasteiger partial charge in [-0.25, -0.2) is 0 Å². The maximum atomic E-state index is 8.58. The highest BCUT2D eigenvalue weighted by Gasteiger charge is 2.03. The van der Waals surface area contributed by atoms with Crippen LogP contribution in [0.5, 0.6) is 0 Å². The summed E-state index contributed by atoms with van der Waals surface area (Å²) in [4.78, 5) is 1.41. The number of aliphatic hydroxyl groups is 1. The van der Waals surface area contributed by atoms with Gasteiger partial charge in [-0.3, -0.25) is 0 Å². The first-order valence-electron chi connectivity index (χ1n) is 4.10. The fourth-order valence-electron chi connectivity index (χ4n) is 0.907. The van der Waals surface area contributed by atoms with Crippen LogP contribution < -0.4 is 0 Å². The number of hydrogen-bond acceptors (Lipinski definition) is 4. The van der Waals surface area contributed by atoms with E-state index in [1.54, 1.807) is 0 Å². The molecule has 0 fully saturated rings. The zero-order chi connectivity index (χ0) is 8.97. The Balaban J connectivity index is 2.52. The Kier molecular flexibility index (Phi) is 3.16. The molecule has 0 bridgehead atoms. The Hall–Kier alpha value is -0.970. The summed E-state index contributed by atoms with van der Waals surface area (Å²) in [6.07, 6.45) is 0.839. The second kappa shape index (κ2) is 4.15. The van der Waals surface area contributed by atoms with E-state index in [0.717, 1.165) is 12.2 Å². The first kappa shape index (κ1) is 9.12. The normalized spacial score (nSPS) is 11.0. The molecular formula is C7H14N4O. The summed E-state index contributed by atoms with van der Waals surface area (Å²) in [5.41, 5.74) is 0. The molecule has 1 aromatic heterocycles. The Labute approximate surface area is 71.4 Å². The van der Waals surface area contributed by atoms with E-state index in [1.807, 2.05) is 0 Å². The molecule has 0 aliphatic carbocycles. The third-order valence-corrected chi connectivity index (χ3v) is 1.39. The number of tetrazole rings is 1. The average molecular weight is 170 g/mol. The van der Waals surface area contributed by atoms with Crippen molar-refractivity contribution in [2.24, 2.45) is 5.92 Å². The summed E-state index contributed by atoms with van der Waals surface area (Å²) < 4.78 is 0. The minimum Gasteiger partial charge on any atom is -0.394 e. The van der Waals surface area contributed by atoms with E-state index in [9.17, 15) is 0 Å². The quantitative estimate of drug-likeness (QED) is 0.683. The van der Waals surface area contributed by atoms with Crippen molar-refractivity contribution in [2.45, 2.75) is 26.8 Å². The standard InChI is InChI=1S/C7H14N4O/c1-6(2)5-7-8-10-11(9-7)3-4-12/h6,12H,3-5H2,1-2H3. The predicted octanol–water partition coefficient (Wildman–Crippen LogP) is -0.136. The van der Waals surface area contributed by atoms with Crippen molar-refractivity contribution >= 4 is 0 Å². The predicted molar refractivity (Wildman–Crippen MR) is 43.4 cm³/mol. The summed E-state index contributed by atoms with van der Waals surface area (Å²) in [5, 5.41) is 20.3. The highest BCUT2D eigenvalue weighted by molar-refractivity contribution is 4.77. The van der Waals surface area contributed by atoms with Crippen molar-refractivity contribution in [1.82, 2.24) is 20.2 Å². The third kappa shape index (κ3) is 2.58. The van der Waals surface area contributed by atoms with Crippen molar-refractivity contribution in [3.63, 3.8) is 0 Å². The van der Waals surface area contributed by atoms with Gasteiger partial charge in [0.2, 0.25) is 0 Å². The van der Waals surface area contributed by atoms with Crippen LogP contribution in [0.1, 0.15) is 19.7 Å². The first-order valence-corrected chi connectivity index (χ1v) is 4.10. The molecule has 68 valence electrons. The van der Waals surface area contributed by atoms with Gasteiger partial charge in [0.25, 0.3) is 0 Å². The summed E-state index contributed by atoms with van der Waals surface area (Å²) >= 11 is 0. The second-order valence-electron chi connectivity index (χ2n) is 3.12. The highest BCUT2D eigenvalue weighted by atomic mass is 16.3. The molecule has 1 heterocycles. The number of hydrogen-bond donors (Lipinski definition) is 1. The molecule has 0 aromatic carbocycles. The van der Waals surface area contributed by atoms with Crippen LogP contribution in [0.4, 0.5) is 0 Å². The summed E-state index contributed by atoms with van der Waals surface area (Å²) in [6.45, 7) is 4.68. The van der Waals surface area contributed by atoms with Crippen LogP contribution in [-0.4, -0.2) is 31.9 Å². The summed E-state index contributed by atoms with van der Waals surface area (Å²) in [7, 11) is 0. The van der Waals surface area contributed by atoms with E-state index in [-0.39, 0.29) is 6.61 Å². The van der Waals surface area contributed by atoms with Gasteiger partial charge >= 0.3 is 0 Å². The van der Waals surface area contributed by atoms with Crippen LogP contribution >= 0.6 is 0 Å². The zero-order valence-corrected chi connectivity index (χ0v) is 7.43. The van der Waals surface area contributed by atoms with Gasteiger partial charge in [0.15, 0.2) is 5.82 Å². The molecule has 5 heteroatoms. The molecule has 0 saturated heterocycles. The largest absolute Gasteiger partial charge is 0.394 e. The van der Waals surface area contributed by atoms with Crippen LogP contribution in [0.25, 0.3) is 0 Å². The molecule has 0 aliphatic heterocycles. The number of nitrogens with zero attached hydrogens (tertiary/aromatic N) is 4. The number of rotatable bonds is 4. The molecule has 0 unspecified atom stereocenters. The molecule has 1 N–H and O–H groups in total. The lowest BCUT2D eigenvalue weighted by atomic mass is 10.1. The minimum atomic E-state index is 0.0531. The molecule has 5 nitrogen and oxygen atoms in total. The van der Waals surface area contributed by atoms with Crippen LogP contribution in [0, 0.1) is 5.92 Å². The van der Waals surface area contributed by atoms with Gasteiger partial charge in [0.1, 0.15) is 0 Å². The smallest absolute Gasteiger partial charge is 0.175 e. The fourth-order valence-corrected chi connectivity index (χ4v) is 0.907. The highest BCUT2D eigenvalue weighted by Crippen LogP contribution is 1.99. The zero-order valence-electron chi connectivity index (χ0n) is 7.43. The van der Waals surface area contributed by atoms with E-state index in [2.05, 4.69) is 29.3 Å². The van der Waals surface area contributed by atoms with E-state index < -0.39 is 0 Å². The Morgan fingerprint density at radius 2 is 2.25 bits per heavy atom. The Bertz CT molecular complexity index is 233. The van der Waals surface area contributed by atoms with Gasteiger partial charge < -0.3 is 5.11 Å². The van der Waals surface area contributed by atoms with Crippen LogP contribution in [-0.2, 0) is 13.0 Å². The topological polar surface area (TPSA) is 63.8 Å². The monoisotopic (exact) mass is 170 g/mol. The lowest BCUT2D eigenvalue weighted by molar-refractivity contribution is 0.259. The molecule has 1 aromatic rings. The number of aromatic nitrogens is 4. The maximum absolute atomic E-state index is 8.58. The lowest BCUT2D eigenvalue weighted by Crippen LogP contribution is -2.06. The fraction of sp³-hybridized carbons (Fsp3) is 0.857. The van der Waals surface area contributed by atoms with Gasteiger partial charge in [-0.05, 0) is 11.1 Å². The van der Waals surface area contributed by atoms with Gasteiger partial charge in [-0.2, -0.15) is 4.80 Å². The van der Waals surface area contributed by atoms with E-state index in [0.29, 0.717) is 12.5 Å². The van der Waals surface area contributed by atoms with E-state index in [4.69, 9.17) is 5.11 Å². The van der Waals surface area contributed by atoms with Gasteiger partial charge in [0.05, 0.1) is 13.2 Å². The van der Waals surface area contributed by atoms with Crippen molar-refractivity contribution in [1.29, 1.82) is 0 Å². The summed E-state index contributed by atoms with van der Waals surface area (Å²) in [5.74, 6) is 1.29. The maximum Gasteiger partial charge on any atom is 0.175 e. The van der Waals surface area contributed by atoms with Crippen molar-refractivity contribution in [2.75, 3.05) is 6.61 Å². The van der Waals surface area contributed by atoms with Gasteiger partial charge in [0, 0.05) is 6.42 Å². The van der Waals surface area contributed by atoms with Crippen molar-refractivity contribution < 1.29 is 5.11 Å². The van der Waals surface area contributed by atoms with Crippen molar-refractivity contribution in [3.8, 4) is 0 Å². The van der Waals surface area contributed by atoms with Crippen LogP contribution in [0.2, 0.25) is 0 Å². The molecule has 12 heavy (non-hydrogen) atoms. The molecule has 0 radical (unpaired) electrons. The molecule has 0 amide bonds. The third-order valence-electron chi connectivity index (χ3n) is 1.39. The van der Waals surface area contributed by atoms with Gasteiger partial charge in [-0.1, -0.05) is 13.8 Å². The molecule has 0 saturated carbocycles.